The van der Waals surface area contributed by atoms with E-state index in [1.165, 1.54) is 10.7 Å². The average molecular weight is 235 g/mol. The van der Waals surface area contributed by atoms with E-state index >= 15 is 0 Å². The van der Waals surface area contributed by atoms with Gasteiger partial charge in [-0.15, -0.1) is 5.10 Å². The molecule has 0 radical (unpaired) electrons. The van der Waals surface area contributed by atoms with Crippen LogP contribution in [-0.2, 0) is 0 Å². The molecular weight excluding hydrogens is 221 g/mol. The van der Waals surface area contributed by atoms with Crippen LogP contribution in [-0.4, -0.2) is 22.9 Å². The molecule has 0 aliphatic rings. The van der Waals surface area contributed by atoms with Gasteiger partial charge in [0.15, 0.2) is 0 Å². The maximum Gasteiger partial charge on any atom is 0.233 e. The number of benzene rings is 1. The van der Waals surface area contributed by atoms with Crippen LogP contribution in [0, 0.1) is 12.7 Å². The molecule has 0 unspecified atom stereocenters. The summed E-state index contributed by atoms with van der Waals surface area (Å²) in [5.74, 6) is 0.139. The number of hydrogen-bond donors (Lipinski definition) is 1. The maximum atomic E-state index is 13.6. The number of ether oxygens (including phenoxy) is 1. The van der Waals surface area contributed by atoms with Crippen LogP contribution in [0.5, 0.6) is 5.88 Å². The van der Waals surface area contributed by atoms with Crippen LogP contribution in [0.2, 0.25) is 0 Å². The van der Waals surface area contributed by atoms with E-state index in [1.54, 1.807) is 24.3 Å². The molecule has 90 valence electrons. The summed E-state index contributed by atoms with van der Waals surface area (Å²) >= 11 is 0. The molecule has 0 aliphatic carbocycles. The van der Waals surface area contributed by atoms with Crippen molar-refractivity contribution in [1.82, 2.24) is 9.78 Å². The first-order chi connectivity index (χ1) is 8.22. The maximum absolute atomic E-state index is 13.6. The zero-order chi connectivity index (χ0) is 12.3. The van der Waals surface area contributed by atoms with Gasteiger partial charge in [0.05, 0.1) is 0 Å². The third kappa shape index (κ3) is 2.45. The van der Waals surface area contributed by atoms with E-state index in [9.17, 15) is 4.39 Å². The molecule has 2 aromatic rings. The fourth-order valence-corrected chi connectivity index (χ4v) is 1.55. The summed E-state index contributed by atoms with van der Waals surface area (Å²) < 4.78 is 20.4. The lowest BCUT2D eigenvalue weighted by molar-refractivity contribution is 0.313. The zero-order valence-electron chi connectivity index (χ0n) is 9.56. The lowest BCUT2D eigenvalue weighted by Crippen LogP contribution is -2.11. The normalized spacial score (nSPS) is 10.5. The molecule has 1 heterocycles. The predicted octanol–water partition coefficient (Wildman–Crippen LogP) is 1.66. The minimum atomic E-state index is -0.316. The summed E-state index contributed by atoms with van der Waals surface area (Å²) in [6.07, 6.45) is 0. The molecule has 1 aromatic heterocycles. The zero-order valence-corrected chi connectivity index (χ0v) is 9.56. The first-order valence-electron chi connectivity index (χ1n) is 5.37. The van der Waals surface area contributed by atoms with Gasteiger partial charge in [-0.2, -0.15) is 0 Å². The summed E-state index contributed by atoms with van der Waals surface area (Å²) in [5, 5.41) is 4.18. The Labute approximate surface area is 98.8 Å². The lowest BCUT2D eigenvalue weighted by Gasteiger charge is -2.04. The molecule has 0 saturated carbocycles. The van der Waals surface area contributed by atoms with Crippen molar-refractivity contribution >= 4 is 0 Å². The van der Waals surface area contributed by atoms with Gasteiger partial charge >= 0.3 is 0 Å². The van der Waals surface area contributed by atoms with Crippen molar-refractivity contribution in [2.45, 2.75) is 6.92 Å². The highest BCUT2D eigenvalue weighted by Gasteiger charge is 2.10. The van der Waals surface area contributed by atoms with E-state index in [0.717, 1.165) is 5.69 Å². The van der Waals surface area contributed by atoms with E-state index in [4.69, 9.17) is 10.5 Å². The predicted molar refractivity (Wildman–Crippen MR) is 62.8 cm³/mol. The SMILES string of the molecule is Cc1cc(OCCN)nn1-c1ccccc1F. The highest BCUT2D eigenvalue weighted by atomic mass is 19.1. The third-order valence-corrected chi connectivity index (χ3v) is 2.31. The number of hydrogen-bond acceptors (Lipinski definition) is 3. The Morgan fingerprint density at radius 3 is 2.88 bits per heavy atom. The van der Waals surface area contributed by atoms with Gasteiger partial charge in [0.1, 0.15) is 18.1 Å². The minimum absolute atomic E-state index is 0.316. The molecule has 0 amide bonds. The van der Waals surface area contributed by atoms with E-state index in [1.807, 2.05) is 6.92 Å². The monoisotopic (exact) mass is 235 g/mol. The molecule has 0 bridgehead atoms. The van der Waals surface area contributed by atoms with E-state index in [0.29, 0.717) is 24.7 Å². The number of para-hydroxylation sites is 1. The molecule has 2 N–H and O–H groups in total. The standard InChI is InChI=1S/C12H14FN3O/c1-9-8-12(17-7-6-14)15-16(9)11-5-3-2-4-10(11)13/h2-5,8H,6-7,14H2,1H3. The molecule has 0 fully saturated rings. The largest absolute Gasteiger partial charge is 0.475 e. The number of aromatic nitrogens is 2. The molecule has 5 heteroatoms. The van der Waals surface area contributed by atoms with Gasteiger partial charge in [-0.25, -0.2) is 9.07 Å². The van der Waals surface area contributed by atoms with Crippen molar-refractivity contribution in [1.29, 1.82) is 0 Å². The number of aryl methyl sites for hydroxylation is 1. The Morgan fingerprint density at radius 1 is 1.41 bits per heavy atom. The Bertz CT molecular complexity index is 510. The summed E-state index contributed by atoms with van der Waals surface area (Å²) in [4.78, 5) is 0. The molecular formula is C12H14FN3O. The highest BCUT2D eigenvalue weighted by molar-refractivity contribution is 5.35. The van der Waals surface area contributed by atoms with Crippen LogP contribution in [0.1, 0.15) is 5.69 Å². The quantitative estimate of drug-likeness (QED) is 0.876. The molecule has 0 saturated heterocycles. The smallest absolute Gasteiger partial charge is 0.233 e. The first kappa shape index (κ1) is 11.6. The molecule has 0 spiro atoms. The summed E-state index contributed by atoms with van der Waals surface area (Å²) in [6, 6.07) is 8.23. The van der Waals surface area contributed by atoms with Gasteiger partial charge in [-0.05, 0) is 19.1 Å². The van der Waals surface area contributed by atoms with Crippen LogP contribution in [0.25, 0.3) is 5.69 Å². The van der Waals surface area contributed by atoms with Crippen molar-refractivity contribution < 1.29 is 9.13 Å². The van der Waals surface area contributed by atoms with Crippen molar-refractivity contribution in [2.24, 2.45) is 5.73 Å². The van der Waals surface area contributed by atoms with E-state index < -0.39 is 0 Å². The molecule has 4 nitrogen and oxygen atoms in total. The topological polar surface area (TPSA) is 53.1 Å². The second-order valence-electron chi connectivity index (χ2n) is 3.62. The van der Waals surface area contributed by atoms with Crippen LogP contribution in [0.15, 0.2) is 30.3 Å². The second-order valence-corrected chi connectivity index (χ2v) is 3.62. The van der Waals surface area contributed by atoms with Gasteiger partial charge in [0, 0.05) is 18.3 Å². The van der Waals surface area contributed by atoms with Crippen molar-refractivity contribution in [3.05, 3.63) is 41.8 Å². The fourth-order valence-electron chi connectivity index (χ4n) is 1.55. The Morgan fingerprint density at radius 2 is 2.18 bits per heavy atom. The Balaban J connectivity index is 2.33. The second kappa shape index (κ2) is 4.97. The summed E-state index contributed by atoms with van der Waals surface area (Å²) in [6.45, 7) is 2.66. The van der Waals surface area contributed by atoms with Gasteiger partial charge in [0.25, 0.3) is 0 Å². The van der Waals surface area contributed by atoms with Crippen LogP contribution in [0.3, 0.4) is 0 Å². The summed E-state index contributed by atoms with van der Waals surface area (Å²) in [7, 11) is 0. The van der Waals surface area contributed by atoms with Crippen molar-refractivity contribution in [3.63, 3.8) is 0 Å². The summed E-state index contributed by atoms with van der Waals surface area (Å²) in [5.41, 5.74) is 6.55. The molecule has 2 rings (SSSR count). The average Bonchev–Trinajstić information content (AvgIpc) is 2.68. The Kier molecular flexibility index (Phi) is 3.39. The van der Waals surface area contributed by atoms with Crippen LogP contribution >= 0.6 is 0 Å². The van der Waals surface area contributed by atoms with Crippen molar-refractivity contribution in [3.8, 4) is 11.6 Å². The number of nitrogens with two attached hydrogens (primary N) is 1. The molecule has 1 aromatic carbocycles. The molecule has 0 aliphatic heterocycles. The Hall–Kier alpha value is -1.88. The van der Waals surface area contributed by atoms with Crippen LogP contribution in [0.4, 0.5) is 4.39 Å². The van der Waals surface area contributed by atoms with Crippen molar-refractivity contribution in [2.75, 3.05) is 13.2 Å². The number of nitrogens with zero attached hydrogens (tertiary/aromatic N) is 2. The lowest BCUT2D eigenvalue weighted by atomic mass is 10.3. The molecule has 0 atom stereocenters. The van der Waals surface area contributed by atoms with Gasteiger partial charge in [-0.3, -0.25) is 0 Å². The highest BCUT2D eigenvalue weighted by Crippen LogP contribution is 2.18. The minimum Gasteiger partial charge on any atom is -0.475 e. The van der Waals surface area contributed by atoms with Crippen LogP contribution < -0.4 is 10.5 Å². The van der Waals surface area contributed by atoms with E-state index in [2.05, 4.69) is 5.10 Å². The van der Waals surface area contributed by atoms with E-state index in [-0.39, 0.29) is 5.82 Å². The number of halogens is 1. The molecule has 17 heavy (non-hydrogen) atoms. The van der Waals surface area contributed by atoms with Gasteiger partial charge in [-0.1, -0.05) is 12.1 Å². The van der Waals surface area contributed by atoms with Gasteiger partial charge < -0.3 is 10.5 Å². The third-order valence-electron chi connectivity index (χ3n) is 2.31. The fraction of sp³-hybridized carbons (Fsp3) is 0.250. The first-order valence-corrected chi connectivity index (χ1v) is 5.37. The van der Waals surface area contributed by atoms with Gasteiger partial charge in [0.2, 0.25) is 5.88 Å². The number of rotatable bonds is 4.